The van der Waals surface area contributed by atoms with Gasteiger partial charge in [-0.1, -0.05) is 20.8 Å². The molecule has 0 aliphatic rings. The average Bonchev–Trinajstić information content (AvgIpc) is 2.03. The van der Waals surface area contributed by atoms with Crippen molar-refractivity contribution in [3.8, 4) is 0 Å². The molecule has 0 aliphatic heterocycles. The number of carboxylic acid groups (broad SMARTS) is 2. The zero-order chi connectivity index (χ0) is 11.5. The lowest BCUT2D eigenvalue weighted by atomic mass is 9.77. The monoisotopic (exact) mass is 204 g/mol. The number of carboxylic acids is 2. The third kappa shape index (κ3) is 2.04. The Balaban J connectivity index is 5.17. The van der Waals surface area contributed by atoms with Crippen LogP contribution in [0.25, 0.3) is 0 Å². The fraction of sp³-hybridized carbons (Fsp3) is 0.778. The molecule has 2 atom stereocenters. The van der Waals surface area contributed by atoms with Crippen LogP contribution in [0, 0.1) is 11.8 Å². The van der Waals surface area contributed by atoms with Crippen molar-refractivity contribution in [3.63, 3.8) is 0 Å². The molecule has 5 heteroatoms. The van der Waals surface area contributed by atoms with E-state index in [4.69, 9.17) is 10.2 Å². The largest absolute Gasteiger partial charge is 0.481 e. The molecule has 0 saturated heterocycles. The van der Waals surface area contributed by atoms with Gasteiger partial charge in [0, 0.05) is 0 Å². The molecule has 82 valence electrons. The van der Waals surface area contributed by atoms with Crippen LogP contribution in [0.2, 0.25) is 0 Å². The van der Waals surface area contributed by atoms with Crippen molar-refractivity contribution >= 4 is 11.9 Å². The maximum Gasteiger partial charge on any atom is 0.336 e. The van der Waals surface area contributed by atoms with Gasteiger partial charge in [0.2, 0.25) is 0 Å². The van der Waals surface area contributed by atoms with Crippen LogP contribution >= 0.6 is 0 Å². The van der Waals surface area contributed by atoms with Gasteiger partial charge in [0.1, 0.15) is 0 Å². The molecule has 0 aromatic carbocycles. The van der Waals surface area contributed by atoms with Gasteiger partial charge in [0.25, 0.3) is 0 Å². The Kier molecular flexibility index (Phi) is 4.07. The van der Waals surface area contributed by atoms with Gasteiger partial charge < -0.3 is 15.3 Å². The first-order valence-corrected chi connectivity index (χ1v) is 4.47. The van der Waals surface area contributed by atoms with Crippen LogP contribution in [0.5, 0.6) is 0 Å². The van der Waals surface area contributed by atoms with Crippen molar-refractivity contribution in [2.45, 2.75) is 32.8 Å². The van der Waals surface area contributed by atoms with Crippen LogP contribution in [-0.2, 0) is 9.59 Å². The lowest BCUT2D eigenvalue weighted by molar-refractivity contribution is -0.181. The van der Waals surface area contributed by atoms with E-state index >= 15 is 0 Å². The summed E-state index contributed by atoms with van der Waals surface area (Å²) in [6, 6.07) is 0. The second-order valence-corrected chi connectivity index (χ2v) is 3.58. The summed E-state index contributed by atoms with van der Waals surface area (Å²) >= 11 is 0. The first kappa shape index (κ1) is 12.9. The molecule has 3 N–H and O–H groups in total. The summed E-state index contributed by atoms with van der Waals surface area (Å²) in [6.45, 7) is 4.51. The smallest absolute Gasteiger partial charge is 0.336 e. The molecule has 0 bridgehead atoms. The third-order valence-electron chi connectivity index (χ3n) is 2.46. The molecular formula is C9H16O5. The molecule has 0 amide bonds. The van der Waals surface area contributed by atoms with Crippen LogP contribution in [0.3, 0.4) is 0 Å². The van der Waals surface area contributed by atoms with Gasteiger partial charge in [-0.05, 0) is 12.3 Å². The Bertz CT molecular complexity index is 235. The first-order valence-electron chi connectivity index (χ1n) is 4.47. The quantitative estimate of drug-likeness (QED) is 0.608. The maximum absolute atomic E-state index is 10.9. The topological polar surface area (TPSA) is 94.8 Å². The van der Waals surface area contributed by atoms with Crippen LogP contribution in [0.4, 0.5) is 0 Å². The van der Waals surface area contributed by atoms with Crippen molar-refractivity contribution in [2.24, 2.45) is 11.8 Å². The van der Waals surface area contributed by atoms with E-state index in [2.05, 4.69) is 0 Å². The number of carbonyl (C=O) groups is 2. The Morgan fingerprint density at radius 2 is 1.71 bits per heavy atom. The standard InChI is InChI=1S/C9H16O5/c1-4-6(7(10)11)9(14,5(2)3)8(12)13/h5-6,14H,4H2,1-3H3,(H,10,11)(H,12,13). The summed E-state index contributed by atoms with van der Waals surface area (Å²) in [5.41, 5.74) is -2.19. The van der Waals surface area contributed by atoms with Gasteiger partial charge in [-0.25, -0.2) is 4.79 Å². The molecular weight excluding hydrogens is 188 g/mol. The van der Waals surface area contributed by atoms with Crippen molar-refractivity contribution in [2.75, 3.05) is 0 Å². The predicted octanol–water partition coefficient (Wildman–Crippen LogP) is 0.569. The second kappa shape index (κ2) is 4.41. The summed E-state index contributed by atoms with van der Waals surface area (Å²) in [5, 5.41) is 27.4. The molecule has 0 fully saturated rings. The highest BCUT2D eigenvalue weighted by Crippen LogP contribution is 2.29. The van der Waals surface area contributed by atoms with Crippen LogP contribution < -0.4 is 0 Å². The maximum atomic E-state index is 10.9. The zero-order valence-electron chi connectivity index (χ0n) is 8.52. The molecule has 0 spiro atoms. The van der Waals surface area contributed by atoms with E-state index in [0.717, 1.165) is 0 Å². The highest BCUT2D eigenvalue weighted by Gasteiger charge is 2.49. The van der Waals surface area contributed by atoms with E-state index in [-0.39, 0.29) is 6.42 Å². The first-order chi connectivity index (χ1) is 6.28. The number of aliphatic hydroxyl groups is 1. The van der Waals surface area contributed by atoms with Crippen molar-refractivity contribution in [3.05, 3.63) is 0 Å². The Morgan fingerprint density at radius 3 is 1.79 bits per heavy atom. The van der Waals surface area contributed by atoms with Gasteiger partial charge in [0.15, 0.2) is 5.60 Å². The van der Waals surface area contributed by atoms with Gasteiger partial charge in [-0.3, -0.25) is 4.79 Å². The Morgan fingerprint density at radius 1 is 1.29 bits per heavy atom. The summed E-state index contributed by atoms with van der Waals surface area (Å²) < 4.78 is 0. The minimum Gasteiger partial charge on any atom is -0.481 e. The molecule has 5 nitrogen and oxygen atoms in total. The fourth-order valence-electron chi connectivity index (χ4n) is 1.47. The fourth-order valence-corrected chi connectivity index (χ4v) is 1.47. The van der Waals surface area contributed by atoms with E-state index in [1.807, 2.05) is 0 Å². The molecule has 0 saturated carbocycles. The van der Waals surface area contributed by atoms with Crippen LogP contribution in [0.15, 0.2) is 0 Å². The summed E-state index contributed by atoms with van der Waals surface area (Å²) in [7, 11) is 0. The SMILES string of the molecule is CCC(C(=O)O)C(O)(C(=O)O)C(C)C. The lowest BCUT2D eigenvalue weighted by Gasteiger charge is -2.32. The van der Waals surface area contributed by atoms with Gasteiger partial charge >= 0.3 is 11.9 Å². The van der Waals surface area contributed by atoms with Crippen molar-refractivity contribution in [1.82, 2.24) is 0 Å². The molecule has 2 unspecified atom stereocenters. The number of aliphatic carboxylic acids is 2. The van der Waals surface area contributed by atoms with E-state index in [1.54, 1.807) is 0 Å². The highest BCUT2D eigenvalue weighted by molar-refractivity contribution is 5.85. The Hall–Kier alpha value is -1.10. The zero-order valence-corrected chi connectivity index (χ0v) is 8.52. The average molecular weight is 204 g/mol. The predicted molar refractivity (Wildman–Crippen MR) is 48.8 cm³/mol. The summed E-state index contributed by atoms with van der Waals surface area (Å²) in [6.07, 6.45) is 0.0797. The lowest BCUT2D eigenvalue weighted by Crippen LogP contribution is -2.53. The normalized spacial score (nSPS) is 17.5. The number of hydrogen-bond acceptors (Lipinski definition) is 3. The molecule has 0 rings (SSSR count). The summed E-state index contributed by atoms with van der Waals surface area (Å²) in [4.78, 5) is 21.6. The minimum atomic E-state index is -2.19. The van der Waals surface area contributed by atoms with Gasteiger partial charge in [-0.15, -0.1) is 0 Å². The second-order valence-electron chi connectivity index (χ2n) is 3.58. The van der Waals surface area contributed by atoms with Crippen LogP contribution in [-0.4, -0.2) is 32.9 Å². The van der Waals surface area contributed by atoms with Crippen molar-refractivity contribution in [1.29, 1.82) is 0 Å². The third-order valence-corrected chi connectivity index (χ3v) is 2.46. The number of hydrogen-bond donors (Lipinski definition) is 3. The molecule has 14 heavy (non-hydrogen) atoms. The van der Waals surface area contributed by atoms with E-state index in [9.17, 15) is 14.7 Å². The van der Waals surface area contributed by atoms with Gasteiger partial charge in [0.05, 0.1) is 5.92 Å². The Labute approximate surface area is 82.4 Å². The minimum absolute atomic E-state index is 0.0797. The molecule has 0 heterocycles. The van der Waals surface area contributed by atoms with E-state index in [0.29, 0.717) is 0 Å². The molecule has 0 aliphatic carbocycles. The van der Waals surface area contributed by atoms with Gasteiger partial charge in [-0.2, -0.15) is 0 Å². The molecule has 0 aromatic heterocycles. The molecule has 0 aromatic rings. The molecule has 0 radical (unpaired) electrons. The van der Waals surface area contributed by atoms with Crippen LogP contribution in [0.1, 0.15) is 27.2 Å². The van der Waals surface area contributed by atoms with E-state index in [1.165, 1.54) is 20.8 Å². The van der Waals surface area contributed by atoms with E-state index < -0.39 is 29.4 Å². The highest BCUT2D eigenvalue weighted by atomic mass is 16.4. The summed E-state index contributed by atoms with van der Waals surface area (Å²) in [5.74, 6) is -4.70. The van der Waals surface area contributed by atoms with Crippen molar-refractivity contribution < 1.29 is 24.9 Å². The number of rotatable bonds is 5.